The van der Waals surface area contributed by atoms with Gasteiger partial charge >= 0.3 is 0 Å². The largest absolute Gasteiger partial charge is 0.368 e. The minimum absolute atomic E-state index is 0.284. The van der Waals surface area contributed by atoms with Crippen molar-refractivity contribution in [1.82, 2.24) is 25.4 Å². The highest BCUT2D eigenvalue weighted by Crippen LogP contribution is 2.44. The molecule has 7 heteroatoms. The maximum absolute atomic E-state index is 13.7. The van der Waals surface area contributed by atoms with Crippen molar-refractivity contribution in [2.75, 3.05) is 11.9 Å². The van der Waals surface area contributed by atoms with E-state index in [2.05, 4.69) is 30.7 Å². The normalized spacial score (nSPS) is 21.4. The van der Waals surface area contributed by atoms with Crippen molar-refractivity contribution in [3.8, 4) is 11.3 Å². The molecule has 0 spiro atoms. The number of nitrogens with one attached hydrogen (secondary N) is 2. The number of anilines is 1. The van der Waals surface area contributed by atoms with E-state index in [1.165, 1.54) is 0 Å². The summed E-state index contributed by atoms with van der Waals surface area (Å²) >= 11 is 0. The lowest BCUT2D eigenvalue weighted by Crippen LogP contribution is -2.48. The van der Waals surface area contributed by atoms with E-state index >= 15 is 0 Å². The van der Waals surface area contributed by atoms with Crippen molar-refractivity contribution in [3.63, 3.8) is 0 Å². The third-order valence-electron chi connectivity index (χ3n) is 5.44. The minimum Gasteiger partial charge on any atom is -0.368 e. The van der Waals surface area contributed by atoms with Crippen molar-refractivity contribution in [2.45, 2.75) is 24.4 Å². The monoisotopic (exact) mass is 374 g/mol. The molecule has 0 amide bonds. The van der Waals surface area contributed by atoms with E-state index in [0.29, 0.717) is 25.2 Å². The fourth-order valence-electron chi connectivity index (χ4n) is 3.85. The second-order valence-electron chi connectivity index (χ2n) is 7.33. The average Bonchev–Trinajstić information content (AvgIpc) is 3.19. The molecular weight excluding hydrogens is 355 g/mol. The van der Waals surface area contributed by atoms with Gasteiger partial charge in [-0.2, -0.15) is 5.10 Å². The minimum atomic E-state index is -0.768. The summed E-state index contributed by atoms with van der Waals surface area (Å²) in [6.45, 7) is 0.583. The first-order valence-electron chi connectivity index (χ1n) is 9.29. The Morgan fingerprint density at radius 1 is 1.11 bits per heavy atom. The maximum atomic E-state index is 13.7. The van der Waals surface area contributed by atoms with Crippen LogP contribution in [0.2, 0.25) is 0 Å². The lowest BCUT2D eigenvalue weighted by atomic mass is 9.65. The van der Waals surface area contributed by atoms with Gasteiger partial charge in [-0.1, -0.05) is 12.1 Å². The van der Waals surface area contributed by atoms with Crippen LogP contribution in [0.4, 0.5) is 10.2 Å². The number of pyridine rings is 1. The fourth-order valence-corrected chi connectivity index (χ4v) is 3.85. The zero-order chi connectivity index (χ0) is 19.0. The SMILES string of the molecule is FC1CC(CNc2ccc(-c3ccc4[nH]ncc4c3)nn2)(c2ccccn2)C1. The van der Waals surface area contributed by atoms with Gasteiger partial charge in [0, 0.05) is 34.8 Å². The Morgan fingerprint density at radius 3 is 2.79 bits per heavy atom. The number of benzene rings is 1. The number of aromatic nitrogens is 5. The number of rotatable bonds is 5. The van der Waals surface area contributed by atoms with Crippen LogP contribution in [0.25, 0.3) is 22.2 Å². The third kappa shape index (κ3) is 2.98. The lowest BCUT2D eigenvalue weighted by Gasteiger charge is -2.43. The van der Waals surface area contributed by atoms with Crippen LogP contribution in [0.15, 0.2) is 60.9 Å². The first-order chi connectivity index (χ1) is 13.7. The lowest BCUT2D eigenvalue weighted by molar-refractivity contribution is 0.0996. The molecule has 0 radical (unpaired) electrons. The van der Waals surface area contributed by atoms with Gasteiger partial charge in [-0.05, 0) is 49.2 Å². The quantitative estimate of drug-likeness (QED) is 0.554. The van der Waals surface area contributed by atoms with Crippen molar-refractivity contribution in [1.29, 1.82) is 0 Å². The molecule has 1 saturated carbocycles. The highest BCUT2D eigenvalue weighted by molar-refractivity contribution is 5.83. The summed E-state index contributed by atoms with van der Waals surface area (Å²) in [5.74, 6) is 0.672. The molecule has 4 aromatic rings. The smallest absolute Gasteiger partial charge is 0.148 e. The van der Waals surface area contributed by atoms with Gasteiger partial charge in [0.25, 0.3) is 0 Å². The number of hydrogen-bond acceptors (Lipinski definition) is 5. The number of hydrogen-bond donors (Lipinski definition) is 2. The number of alkyl halides is 1. The molecule has 1 aliphatic rings. The summed E-state index contributed by atoms with van der Waals surface area (Å²) in [6.07, 6.45) is 3.74. The Bertz CT molecular complexity index is 1090. The summed E-state index contributed by atoms with van der Waals surface area (Å²) in [7, 11) is 0. The van der Waals surface area contributed by atoms with Crippen molar-refractivity contribution < 1.29 is 4.39 Å². The average molecular weight is 374 g/mol. The van der Waals surface area contributed by atoms with Gasteiger partial charge in [0.15, 0.2) is 0 Å². The van der Waals surface area contributed by atoms with Crippen molar-refractivity contribution >= 4 is 16.7 Å². The Hall–Kier alpha value is -3.35. The summed E-state index contributed by atoms with van der Waals surface area (Å²) < 4.78 is 13.7. The number of aromatic amines is 1. The molecule has 0 aliphatic heterocycles. The molecule has 0 bridgehead atoms. The Kier molecular flexibility index (Phi) is 4.00. The van der Waals surface area contributed by atoms with E-state index in [-0.39, 0.29) is 5.41 Å². The Labute approximate surface area is 161 Å². The highest BCUT2D eigenvalue weighted by atomic mass is 19.1. The van der Waals surface area contributed by atoms with Crippen molar-refractivity contribution in [3.05, 3.63) is 66.6 Å². The molecule has 140 valence electrons. The molecule has 0 unspecified atom stereocenters. The standard InChI is InChI=1S/C21H19FN6/c22-16-10-21(11-16,19-3-1-2-8-23-19)13-24-20-7-6-17(27-28-20)14-4-5-18-15(9-14)12-25-26-18/h1-9,12,16H,10-11,13H2,(H,24,28)(H,25,26). The molecule has 1 aliphatic carbocycles. The third-order valence-corrected chi connectivity index (χ3v) is 5.44. The van der Waals surface area contributed by atoms with Gasteiger partial charge in [-0.15, -0.1) is 10.2 Å². The van der Waals surface area contributed by atoms with Gasteiger partial charge in [0.1, 0.15) is 12.0 Å². The number of halogens is 1. The molecule has 1 fully saturated rings. The molecular formula is C21H19FN6. The molecule has 2 N–H and O–H groups in total. The summed E-state index contributed by atoms with van der Waals surface area (Å²) in [5, 5.41) is 20.0. The predicted octanol–water partition coefficient (Wildman–Crippen LogP) is 3.90. The van der Waals surface area contributed by atoms with Gasteiger partial charge in [0.2, 0.25) is 0 Å². The van der Waals surface area contributed by atoms with Crippen LogP contribution >= 0.6 is 0 Å². The zero-order valence-electron chi connectivity index (χ0n) is 15.1. The first-order valence-corrected chi connectivity index (χ1v) is 9.29. The second-order valence-corrected chi connectivity index (χ2v) is 7.33. The van der Waals surface area contributed by atoms with Crippen LogP contribution in [-0.4, -0.2) is 38.1 Å². The first kappa shape index (κ1) is 16.8. The zero-order valence-corrected chi connectivity index (χ0v) is 15.1. The van der Waals surface area contributed by atoms with E-state index in [4.69, 9.17) is 0 Å². The van der Waals surface area contributed by atoms with Crippen LogP contribution in [-0.2, 0) is 5.41 Å². The number of nitrogens with zero attached hydrogens (tertiary/aromatic N) is 4. The summed E-state index contributed by atoms with van der Waals surface area (Å²) in [6, 6.07) is 15.6. The Morgan fingerprint density at radius 2 is 2.04 bits per heavy atom. The topological polar surface area (TPSA) is 79.4 Å². The molecule has 3 heterocycles. The molecule has 6 nitrogen and oxygen atoms in total. The maximum Gasteiger partial charge on any atom is 0.148 e. The van der Waals surface area contributed by atoms with E-state index in [1.54, 1.807) is 12.4 Å². The van der Waals surface area contributed by atoms with Gasteiger partial charge in [-0.25, -0.2) is 4.39 Å². The van der Waals surface area contributed by atoms with E-state index in [0.717, 1.165) is 27.9 Å². The molecule has 3 aromatic heterocycles. The second kappa shape index (κ2) is 6.67. The van der Waals surface area contributed by atoms with E-state index < -0.39 is 6.17 Å². The van der Waals surface area contributed by atoms with Gasteiger partial charge in [0.05, 0.1) is 17.4 Å². The molecule has 0 atom stereocenters. The molecule has 1 aromatic carbocycles. The number of fused-ring (bicyclic) bond motifs is 1. The van der Waals surface area contributed by atoms with Crippen molar-refractivity contribution in [2.24, 2.45) is 0 Å². The molecule has 0 saturated heterocycles. The van der Waals surface area contributed by atoms with Crippen LogP contribution in [0.1, 0.15) is 18.5 Å². The van der Waals surface area contributed by atoms with Gasteiger partial charge < -0.3 is 5.32 Å². The highest BCUT2D eigenvalue weighted by Gasteiger charge is 2.46. The van der Waals surface area contributed by atoms with Crippen LogP contribution in [0.3, 0.4) is 0 Å². The van der Waals surface area contributed by atoms with E-state index in [1.807, 2.05) is 48.5 Å². The van der Waals surface area contributed by atoms with E-state index in [9.17, 15) is 4.39 Å². The van der Waals surface area contributed by atoms with Crippen LogP contribution in [0, 0.1) is 0 Å². The molecule has 28 heavy (non-hydrogen) atoms. The molecule has 5 rings (SSSR count). The van der Waals surface area contributed by atoms with Gasteiger partial charge in [-0.3, -0.25) is 10.1 Å². The number of H-pyrrole nitrogens is 1. The predicted molar refractivity (Wildman–Crippen MR) is 106 cm³/mol. The fraction of sp³-hybridized carbons (Fsp3) is 0.238. The van der Waals surface area contributed by atoms with Crippen LogP contribution in [0.5, 0.6) is 0 Å². The summed E-state index contributed by atoms with van der Waals surface area (Å²) in [4.78, 5) is 4.44. The van der Waals surface area contributed by atoms with Crippen LogP contribution < -0.4 is 5.32 Å². The summed E-state index contributed by atoms with van der Waals surface area (Å²) in [5.41, 5.74) is 3.40. The Balaban J connectivity index is 1.32.